The first-order valence-corrected chi connectivity index (χ1v) is 4.95. The third kappa shape index (κ3) is 5.31. The molecule has 1 rings (SSSR count). The topological polar surface area (TPSA) is 95.5 Å². The van der Waals surface area contributed by atoms with Crippen LogP contribution < -0.4 is 10.6 Å². The summed E-state index contributed by atoms with van der Waals surface area (Å²) in [5, 5.41) is 12.8. The molecule has 0 bridgehead atoms. The number of aliphatic carboxylic acids is 1. The van der Waals surface area contributed by atoms with Crippen molar-refractivity contribution in [1.82, 2.24) is 5.32 Å². The van der Waals surface area contributed by atoms with Gasteiger partial charge in [0.15, 0.2) is 0 Å². The van der Waals surface area contributed by atoms with Gasteiger partial charge in [-0.25, -0.2) is 4.79 Å². The van der Waals surface area contributed by atoms with E-state index in [-0.39, 0.29) is 12.8 Å². The van der Waals surface area contributed by atoms with Crippen LogP contribution in [0.5, 0.6) is 0 Å². The SMILES string of the molecule is O=C(O)CCC(=O)NC(=O)Nc1ccccc1. The van der Waals surface area contributed by atoms with E-state index in [4.69, 9.17) is 5.11 Å². The number of nitrogens with one attached hydrogen (secondary N) is 2. The van der Waals surface area contributed by atoms with Gasteiger partial charge < -0.3 is 10.4 Å². The highest BCUT2D eigenvalue weighted by molar-refractivity contribution is 6.01. The van der Waals surface area contributed by atoms with Crippen molar-refractivity contribution >= 4 is 23.6 Å². The first-order valence-electron chi connectivity index (χ1n) is 4.95. The number of para-hydroxylation sites is 1. The summed E-state index contributed by atoms with van der Waals surface area (Å²) in [5.41, 5.74) is 0.552. The average molecular weight is 236 g/mol. The maximum Gasteiger partial charge on any atom is 0.325 e. The molecule has 0 radical (unpaired) electrons. The molecule has 90 valence electrons. The summed E-state index contributed by atoms with van der Waals surface area (Å²) in [6.07, 6.45) is -0.526. The van der Waals surface area contributed by atoms with E-state index >= 15 is 0 Å². The summed E-state index contributed by atoms with van der Waals surface area (Å²) in [6, 6.07) is 7.93. The van der Waals surface area contributed by atoms with Crippen LogP contribution >= 0.6 is 0 Å². The fraction of sp³-hybridized carbons (Fsp3) is 0.182. The summed E-state index contributed by atoms with van der Waals surface area (Å²) in [7, 11) is 0. The number of anilines is 1. The summed E-state index contributed by atoms with van der Waals surface area (Å²) in [6.45, 7) is 0. The van der Waals surface area contributed by atoms with E-state index in [2.05, 4.69) is 5.32 Å². The molecule has 1 aromatic rings. The molecule has 0 fully saturated rings. The Morgan fingerprint density at radius 1 is 1.06 bits per heavy atom. The van der Waals surface area contributed by atoms with Crippen LogP contribution in [-0.4, -0.2) is 23.0 Å². The van der Waals surface area contributed by atoms with E-state index in [1.807, 2.05) is 5.32 Å². The van der Waals surface area contributed by atoms with Crippen molar-refractivity contribution in [3.05, 3.63) is 30.3 Å². The van der Waals surface area contributed by atoms with Crippen molar-refractivity contribution < 1.29 is 19.5 Å². The quantitative estimate of drug-likeness (QED) is 0.731. The van der Waals surface area contributed by atoms with Gasteiger partial charge in [0, 0.05) is 12.1 Å². The lowest BCUT2D eigenvalue weighted by atomic mass is 10.3. The number of carbonyl (C=O) groups excluding carboxylic acids is 2. The molecule has 0 aliphatic carbocycles. The van der Waals surface area contributed by atoms with E-state index in [1.54, 1.807) is 30.3 Å². The largest absolute Gasteiger partial charge is 0.481 e. The van der Waals surface area contributed by atoms with Gasteiger partial charge in [-0.3, -0.25) is 14.9 Å². The van der Waals surface area contributed by atoms with Crippen molar-refractivity contribution in [2.45, 2.75) is 12.8 Å². The van der Waals surface area contributed by atoms with Crippen LogP contribution in [-0.2, 0) is 9.59 Å². The first-order chi connectivity index (χ1) is 8.08. The molecule has 6 nitrogen and oxygen atoms in total. The summed E-state index contributed by atoms with van der Waals surface area (Å²) < 4.78 is 0. The second kappa shape index (κ2) is 6.26. The van der Waals surface area contributed by atoms with Crippen LogP contribution in [0.4, 0.5) is 10.5 Å². The zero-order valence-corrected chi connectivity index (χ0v) is 8.97. The van der Waals surface area contributed by atoms with Gasteiger partial charge in [0.25, 0.3) is 0 Å². The Morgan fingerprint density at radius 2 is 1.71 bits per heavy atom. The fourth-order valence-electron chi connectivity index (χ4n) is 1.09. The average Bonchev–Trinajstić information content (AvgIpc) is 2.27. The monoisotopic (exact) mass is 236 g/mol. The number of rotatable bonds is 4. The van der Waals surface area contributed by atoms with Gasteiger partial charge in [0.2, 0.25) is 5.91 Å². The van der Waals surface area contributed by atoms with Gasteiger partial charge in [-0.05, 0) is 12.1 Å². The molecule has 3 amide bonds. The Labute approximate surface area is 97.6 Å². The molecule has 17 heavy (non-hydrogen) atoms. The summed E-state index contributed by atoms with van der Waals surface area (Å²) in [5.74, 6) is -1.70. The van der Waals surface area contributed by atoms with E-state index in [0.29, 0.717) is 5.69 Å². The van der Waals surface area contributed by atoms with Crippen molar-refractivity contribution in [2.75, 3.05) is 5.32 Å². The number of carboxylic acid groups (broad SMARTS) is 1. The predicted octanol–water partition coefficient (Wildman–Crippen LogP) is 1.20. The second-order valence-corrected chi connectivity index (χ2v) is 3.26. The number of amides is 3. The molecular weight excluding hydrogens is 224 g/mol. The number of carboxylic acids is 1. The Hall–Kier alpha value is -2.37. The Balaban J connectivity index is 2.35. The molecule has 0 saturated carbocycles. The first kappa shape index (κ1) is 12.7. The van der Waals surface area contributed by atoms with E-state index < -0.39 is 17.9 Å². The normalized spacial score (nSPS) is 9.41. The van der Waals surface area contributed by atoms with Gasteiger partial charge in [0.1, 0.15) is 0 Å². The standard InChI is InChI=1S/C11H12N2O4/c14-9(6-7-10(15)16)13-11(17)12-8-4-2-1-3-5-8/h1-5H,6-7H2,(H,15,16)(H2,12,13,14,17). The minimum Gasteiger partial charge on any atom is -0.481 e. The minimum atomic E-state index is -1.08. The number of urea groups is 1. The minimum absolute atomic E-state index is 0.225. The number of imide groups is 1. The molecular formula is C11H12N2O4. The van der Waals surface area contributed by atoms with Crippen LogP contribution in [0.25, 0.3) is 0 Å². The molecule has 0 heterocycles. The third-order valence-electron chi connectivity index (χ3n) is 1.85. The smallest absolute Gasteiger partial charge is 0.325 e. The molecule has 0 aliphatic rings. The molecule has 0 aromatic heterocycles. The second-order valence-electron chi connectivity index (χ2n) is 3.26. The third-order valence-corrected chi connectivity index (χ3v) is 1.85. The molecule has 0 saturated heterocycles. The maximum absolute atomic E-state index is 11.3. The Morgan fingerprint density at radius 3 is 2.29 bits per heavy atom. The lowest BCUT2D eigenvalue weighted by Gasteiger charge is -2.05. The number of hydrogen-bond acceptors (Lipinski definition) is 3. The predicted molar refractivity (Wildman–Crippen MR) is 60.5 cm³/mol. The summed E-state index contributed by atoms with van der Waals surface area (Å²) in [4.78, 5) is 32.6. The van der Waals surface area contributed by atoms with E-state index in [1.165, 1.54) is 0 Å². The lowest BCUT2D eigenvalue weighted by Crippen LogP contribution is -2.34. The highest BCUT2D eigenvalue weighted by atomic mass is 16.4. The molecule has 6 heteroatoms. The van der Waals surface area contributed by atoms with Gasteiger partial charge >= 0.3 is 12.0 Å². The van der Waals surface area contributed by atoms with Crippen LogP contribution in [0.3, 0.4) is 0 Å². The molecule has 3 N–H and O–H groups in total. The van der Waals surface area contributed by atoms with Gasteiger partial charge in [-0.1, -0.05) is 18.2 Å². The van der Waals surface area contributed by atoms with Gasteiger partial charge in [0.05, 0.1) is 6.42 Å². The number of hydrogen-bond donors (Lipinski definition) is 3. The molecule has 0 atom stereocenters. The van der Waals surface area contributed by atoms with Gasteiger partial charge in [-0.15, -0.1) is 0 Å². The number of benzene rings is 1. The van der Waals surface area contributed by atoms with Crippen LogP contribution in [0.1, 0.15) is 12.8 Å². The Kier molecular flexibility index (Phi) is 4.68. The van der Waals surface area contributed by atoms with Crippen molar-refractivity contribution in [3.8, 4) is 0 Å². The molecule has 1 aromatic carbocycles. The maximum atomic E-state index is 11.3. The zero-order chi connectivity index (χ0) is 12.7. The lowest BCUT2D eigenvalue weighted by molar-refractivity contribution is -0.138. The van der Waals surface area contributed by atoms with Crippen LogP contribution in [0.15, 0.2) is 30.3 Å². The van der Waals surface area contributed by atoms with E-state index in [0.717, 1.165) is 0 Å². The van der Waals surface area contributed by atoms with Crippen LogP contribution in [0, 0.1) is 0 Å². The highest BCUT2D eigenvalue weighted by Gasteiger charge is 2.09. The van der Waals surface area contributed by atoms with Crippen molar-refractivity contribution in [2.24, 2.45) is 0 Å². The van der Waals surface area contributed by atoms with Gasteiger partial charge in [-0.2, -0.15) is 0 Å². The molecule has 0 aliphatic heterocycles. The number of carbonyl (C=O) groups is 3. The van der Waals surface area contributed by atoms with E-state index in [9.17, 15) is 14.4 Å². The van der Waals surface area contributed by atoms with Crippen molar-refractivity contribution in [3.63, 3.8) is 0 Å². The van der Waals surface area contributed by atoms with Crippen molar-refractivity contribution in [1.29, 1.82) is 0 Å². The Bertz CT molecular complexity index is 417. The fourth-order valence-corrected chi connectivity index (χ4v) is 1.09. The molecule has 0 unspecified atom stereocenters. The summed E-state index contributed by atoms with van der Waals surface area (Å²) >= 11 is 0. The van der Waals surface area contributed by atoms with Crippen LogP contribution in [0.2, 0.25) is 0 Å². The zero-order valence-electron chi connectivity index (χ0n) is 8.97. The highest BCUT2D eigenvalue weighted by Crippen LogP contribution is 2.04. The molecule has 0 spiro atoms.